The predicted octanol–water partition coefficient (Wildman–Crippen LogP) is 2.41. The number of amides is 2. The fourth-order valence-electron chi connectivity index (χ4n) is 2.56. The zero-order chi connectivity index (χ0) is 17.6. The Kier molecular flexibility index (Phi) is 5.18. The van der Waals surface area contributed by atoms with Crippen molar-refractivity contribution in [2.75, 3.05) is 18.5 Å². The molecular formula is C19H20N2O4. The van der Waals surface area contributed by atoms with Gasteiger partial charge >= 0.3 is 0 Å². The highest BCUT2D eigenvalue weighted by molar-refractivity contribution is 6.03. The molecule has 130 valence electrons. The summed E-state index contributed by atoms with van der Waals surface area (Å²) in [5.74, 6) is 0.545. The lowest BCUT2D eigenvalue weighted by atomic mass is 10.1. The van der Waals surface area contributed by atoms with Crippen LogP contribution < -0.4 is 20.1 Å². The van der Waals surface area contributed by atoms with Crippen molar-refractivity contribution in [3.8, 4) is 11.5 Å². The molecule has 1 aliphatic heterocycles. The van der Waals surface area contributed by atoms with E-state index in [-0.39, 0.29) is 18.2 Å². The summed E-state index contributed by atoms with van der Waals surface area (Å²) in [5.41, 5.74) is 2.70. The van der Waals surface area contributed by atoms with Gasteiger partial charge in [0, 0.05) is 18.3 Å². The summed E-state index contributed by atoms with van der Waals surface area (Å²) in [4.78, 5) is 23.9. The van der Waals surface area contributed by atoms with E-state index in [1.54, 1.807) is 18.2 Å². The van der Waals surface area contributed by atoms with Gasteiger partial charge < -0.3 is 20.1 Å². The number of carbonyl (C=O) groups is 2. The van der Waals surface area contributed by atoms with Gasteiger partial charge in [0.1, 0.15) is 19.6 Å². The molecule has 0 spiro atoms. The maximum Gasteiger partial charge on any atom is 0.233 e. The molecule has 0 saturated heterocycles. The molecule has 2 N–H and O–H groups in total. The Morgan fingerprint density at radius 2 is 1.80 bits per heavy atom. The van der Waals surface area contributed by atoms with Crippen molar-refractivity contribution < 1.29 is 19.1 Å². The molecule has 6 heteroatoms. The van der Waals surface area contributed by atoms with E-state index in [0.29, 0.717) is 36.9 Å². The van der Waals surface area contributed by atoms with Crippen molar-refractivity contribution in [3.05, 3.63) is 53.6 Å². The van der Waals surface area contributed by atoms with Crippen LogP contribution in [0.4, 0.5) is 5.69 Å². The van der Waals surface area contributed by atoms with Gasteiger partial charge in [-0.1, -0.05) is 29.8 Å². The van der Waals surface area contributed by atoms with E-state index in [0.717, 1.165) is 11.1 Å². The number of ether oxygens (including phenoxy) is 2. The molecule has 3 rings (SSSR count). The van der Waals surface area contributed by atoms with Crippen molar-refractivity contribution in [1.82, 2.24) is 5.32 Å². The number of anilines is 1. The van der Waals surface area contributed by atoms with E-state index in [1.165, 1.54) is 0 Å². The van der Waals surface area contributed by atoms with Crippen molar-refractivity contribution in [2.45, 2.75) is 19.9 Å². The highest BCUT2D eigenvalue weighted by atomic mass is 16.6. The van der Waals surface area contributed by atoms with Crippen LogP contribution in [0.25, 0.3) is 0 Å². The molecule has 2 aromatic carbocycles. The van der Waals surface area contributed by atoms with Crippen molar-refractivity contribution in [2.24, 2.45) is 0 Å². The third-order valence-electron chi connectivity index (χ3n) is 3.72. The standard InChI is InChI=1S/C19H20N2O4/c1-13-3-2-4-14(9-13)12-20-18(22)11-19(23)21-15-5-6-16-17(10-15)25-8-7-24-16/h2-6,9-10H,7-8,11-12H2,1H3,(H,20,22)(H,21,23). The number of carbonyl (C=O) groups excluding carboxylic acids is 2. The minimum Gasteiger partial charge on any atom is -0.486 e. The van der Waals surface area contributed by atoms with Crippen LogP contribution in [-0.4, -0.2) is 25.0 Å². The maximum atomic E-state index is 12.0. The van der Waals surface area contributed by atoms with Gasteiger partial charge in [0.15, 0.2) is 11.5 Å². The summed E-state index contributed by atoms with van der Waals surface area (Å²) in [7, 11) is 0. The number of hydrogen-bond donors (Lipinski definition) is 2. The van der Waals surface area contributed by atoms with Crippen molar-refractivity contribution >= 4 is 17.5 Å². The molecule has 0 aliphatic carbocycles. The maximum absolute atomic E-state index is 12.0. The highest BCUT2D eigenvalue weighted by Crippen LogP contribution is 2.32. The quantitative estimate of drug-likeness (QED) is 0.820. The first-order valence-corrected chi connectivity index (χ1v) is 8.12. The SMILES string of the molecule is Cc1cccc(CNC(=O)CC(=O)Nc2ccc3c(c2)OCCO3)c1. The van der Waals surface area contributed by atoms with E-state index in [2.05, 4.69) is 10.6 Å². The Hall–Kier alpha value is -3.02. The van der Waals surface area contributed by atoms with Crippen LogP contribution in [0.3, 0.4) is 0 Å². The molecule has 2 aromatic rings. The van der Waals surface area contributed by atoms with Crippen LogP contribution in [-0.2, 0) is 16.1 Å². The molecular weight excluding hydrogens is 320 g/mol. The number of hydrogen-bond acceptors (Lipinski definition) is 4. The molecule has 0 unspecified atom stereocenters. The first-order valence-electron chi connectivity index (χ1n) is 8.12. The molecule has 0 radical (unpaired) electrons. The summed E-state index contributed by atoms with van der Waals surface area (Å²) in [5, 5.41) is 5.44. The smallest absolute Gasteiger partial charge is 0.233 e. The van der Waals surface area contributed by atoms with Crippen LogP contribution in [0.2, 0.25) is 0 Å². The highest BCUT2D eigenvalue weighted by Gasteiger charge is 2.14. The van der Waals surface area contributed by atoms with E-state index in [1.807, 2.05) is 31.2 Å². The van der Waals surface area contributed by atoms with Crippen LogP contribution in [0.15, 0.2) is 42.5 Å². The monoisotopic (exact) mass is 340 g/mol. The van der Waals surface area contributed by atoms with E-state index in [4.69, 9.17) is 9.47 Å². The molecule has 6 nitrogen and oxygen atoms in total. The average molecular weight is 340 g/mol. The zero-order valence-corrected chi connectivity index (χ0v) is 14.0. The second-order valence-electron chi connectivity index (χ2n) is 5.85. The Morgan fingerprint density at radius 1 is 1.00 bits per heavy atom. The van der Waals surface area contributed by atoms with Gasteiger partial charge in [-0.3, -0.25) is 9.59 Å². The van der Waals surface area contributed by atoms with Gasteiger partial charge in [-0.15, -0.1) is 0 Å². The van der Waals surface area contributed by atoms with Crippen LogP contribution in [0.5, 0.6) is 11.5 Å². The zero-order valence-electron chi connectivity index (χ0n) is 14.0. The van der Waals surface area contributed by atoms with E-state index < -0.39 is 0 Å². The molecule has 0 atom stereocenters. The molecule has 0 fully saturated rings. The number of rotatable bonds is 5. The predicted molar refractivity (Wildman–Crippen MR) is 93.7 cm³/mol. The minimum absolute atomic E-state index is 0.236. The van der Waals surface area contributed by atoms with Gasteiger partial charge in [-0.05, 0) is 24.6 Å². The first-order chi connectivity index (χ1) is 12.1. The van der Waals surface area contributed by atoms with Gasteiger partial charge in [-0.25, -0.2) is 0 Å². The molecule has 1 aliphatic rings. The Balaban J connectivity index is 1.49. The molecule has 0 bridgehead atoms. The summed E-state index contributed by atoms with van der Waals surface area (Å²) in [6.45, 7) is 3.38. The van der Waals surface area contributed by atoms with E-state index in [9.17, 15) is 9.59 Å². The Labute approximate surface area is 146 Å². The third-order valence-corrected chi connectivity index (χ3v) is 3.72. The number of fused-ring (bicyclic) bond motifs is 1. The largest absolute Gasteiger partial charge is 0.486 e. The van der Waals surface area contributed by atoms with Crippen molar-refractivity contribution in [1.29, 1.82) is 0 Å². The minimum atomic E-state index is -0.376. The Morgan fingerprint density at radius 3 is 2.60 bits per heavy atom. The third kappa shape index (κ3) is 4.73. The Bertz CT molecular complexity index is 789. The van der Waals surface area contributed by atoms with Crippen LogP contribution in [0.1, 0.15) is 17.5 Å². The van der Waals surface area contributed by atoms with E-state index >= 15 is 0 Å². The van der Waals surface area contributed by atoms with Gasteiger partial charge in [-0.2, -0.15) is 0 Å². The number of benzene rings is 2. The lowest BCUT2D eigenvalue weighted by Gasteiger charge is -2.19. The summed E-state index contributed by atoms with van der Waals surface area (Å²) < 4.78 is 10.9. The first kappa shape index (κ1) is 16.8. The molecule has 25 heavy (non-hydrogen) atoms. The number of nitrogens with one attached hydrogen (secondary N) is 2. The van der Waals surface area contributed by atoms with Gasteiger partial charge in [0.05, 0.1) is 0 Å². The molecule has 0 saturated carbocycles. The lowest BCUT2D eigenvalue weighted by Crippen LogP contribution is -2.27. The van der Waals surface area contributed by atoms with Gasteiger partial charge in [0.25, 0.3) is 0 Å². The number of aryl methyl sites for hydroxylation is 1. The average Bonchev–Trinajstić information content (AvgIpc) is 2.60. The van der Waals surface area contributed by atoms with Crippen LogP contribution >= 0.6 is 0 Å². The normalized spacial score (nSPS) is 12.4. The summed E-state index contributed by atoms with van der Waals surface area (Å²) in [6.07, 6.45) is -0.236. The van der Waals surface area contributed by atoms with Gasteiger partial charge in [0.2, 0.25) is 11.8 Å². The summed E-state index contributed by atoms with van der Waals surface area (Å²) in [6, 6.07) is 13.0. The second kappa shape index (κ2) is 7.70. The molecule has 2 amide bonds. The van der Waals surface area contributed by atoms with Crippen LogP contribution in [0, 0.1) is 6.92 Å². The fraction of sp³-hybridized carbons (Fsp3) is 0.263. The summed E-state index contributed by atoms with van der Waals surface area (Å²) >= 11 is 0. The fourth-order valence-corrected chi connectivity index (χ4v) is 2.56. The molecule has 0 aromatic heterocycles. The lowest BCUT2D eigenvalue weighted by molar-refractivity contribution is -0.126. The molecule has 1 heterocycles. The van der Waals surface area contributed by atoms with Crippen molar-refractivity contribution in [3.63, 3.8) is 0 Å². The second-order valence-corrected chi connectivity index (χ2v) is 5.85. The topological polar surface area (TPSA) is 76.7 Å².